The van der Waals surface area contributed by atoms with Gasteiger partial charge in [0.25, 0.3) is 0 Å². The second-order valence-corrected chi connectivity index (χ2v) is 6.96. The van der Waals surface area contributed by atoms with Crippen molar-refractivity contribution in [1.82, 2.24) is 4.90 Å². The Balaban J connectivity index is 2.07. The van der Waals surface area contributed by atoms with E-state index in [0.29, 0.717) is 25.8 Å². The maximum Gasteiger partial charge on any atom is 0.226 e. The zero-order chi connectivity index (χ0) is 17.5. The Morgan fingerprint density at radius 1 is 1.25 bits per heavy atom. The molecule has 0 unspecified atom stereocenters. The van der Waals surface area contributed by atoms with E-state index in [1.165, 1.54) is 12.1 Å². The Labute approximate surface area is 144 Å². The number of Topliss-reactive ketones (excluding diaryl/α,β-unsaturated/α-hetero) is 1. The van der Waals surface area contributed by atoms with Gasteiger partial charge in [-0.2, -0.15) is 0 Å². The first kappa shape index (κ1) is 18.6. The van der Waals surface area contributed by atoms with Crippen LogP contribution in [-0.2, 0) is 16.1 Å². The maximum atomic E-state index is 13.1. The highest BCUT2D eigenvalue weighted by Gasteiger charge is 2.33. The van der Waals surface area contributed by atoms with E-state index in [4.69, 9.17) is 0 Å². The maximum absolute atomic E-state index is 13.1. The SMILES string of the molecule is CCCCCN(Cc1ccc(F)cc1)C(=O)[C@H]1CCC(=O)C[C@H]1C. The second kappa shape index (κ2) is 8.95. The average Bonchev–Trinajstić information content (AvgIpc) is 2.55. The molecule has 132 valence electrons. The number of carbonyl (C=O) groups excluding carboxylic acids is 2. The summed E-state index contributed by atoms with van der Waals surface area (Å²) < 4.78 is 13.1. The molecular weight excluding hydrogens is 305 g/mol. The summed E-state index contributed by atoms with van der Waals surface area (Å²) in [6.07, 6.45) is 4.85. The quantitative estimate of drug-likeness (QED) is 0.696. The van der Waals surface area contributed by atoms with Crippen molar-refractivity contribution < 1.29 is 14.0 Å². The predicted octanol–water partition coefficient (Wildman–Crippen LogP) is 4.35. The molecule has 1 aromatic rings. The molecule has 0 saturated heterocycles. The fourth-order valence-electron chi connectivity index (χ4n) is 3.44. The lowest BCUT2D eigenvalue weighted by molar-refractivity contribution is -0.140. The zero-order valence-corrected chi connectivity index (χ0v) is 14.8. The predicted molar refractivity (Wildman–Crippen MR) is 92.9 cm³/mol. The van der Waals surface area contributed by atoms with Crippen LogP contribution in [0.2, 0.25) is 0 Å². The van der Waals surface area contributed by atoms with Crippen LogP contribution in [0.15, 0.2) is 24.3 Å². The van der Waals surface area contributed by atoms with Crippen LogP contribution >= 0.6 is 0 Å². The molecule has 1 aliphatic rings. The van der Waals surface area contributed by atoms with Crippen LogP contribution in [0.25, 0.3) is 0 Å². The van der Waals surface area contributed by atoms with Gasteiger partial charge in [-0.3, -0.25) is 9.59 Å². The van der Waals surface area contributed by atoms with Gasteiger partial charge in [-0.05, 0) is 36.5 Å². The van der Waals surface area contributed by atoms with E-state index in [-0.39, 0.29) is 29.3 Å². The van der Waals surface area contributed by atoms with Crippen molar-refractivity contribution in [3.8, 4) is 0 Å². The Bertz CT molecular complexity index is 555. The zero-order valence-electron chi connectivity index (χ0n) is 14.8. The summed E-state index contributed by atoms with van der Waals surface area (Å²) in [6, 6.07) is 6.35. The number of amides is 1. The molecular formula is C20H28FNO2. The Morgan fingerprint density at radius 2 is 1.96 bits per heavy atom. The summed E-state index contributed by atoms with van der Waals surface area (Å²) >= 11 is 0. The van der Waals surface area contributed by atoms with Crippen LogP contribution in [-0.4, -0.2) is 23.1 Å². The Kier molecular flexibility index (Phi) is 6.95. The average molecular weight is 333 g/mol. The van der Waals surface area contributed by atoms with Crippen molar-refractivity contribution >= 4 is 11.7 Å². The molecule has 1 saturated carbocycles. The van der Waals surface area contributed by atoms with Gasteiger partial charge in [0.2, 0.25) is 5.91 Å². The summed E-state index contributed by atoms with van der Waals surface area (Å²) in [7, 11) is 0. The van der Waals surface area contributed by atoms with Gasteiger partial charge in [-0.1, -0.05) is 38.8 Å². The number of rotatable bonds is 7. The van der Waals surface area contributed by atoms with Crippen LogP contribution in [0.4, 0.5) is 4.39 Å². The Hall–Kier alpha value is -1.71. The summed E-state index contributed by atoms with van der Waals surface area (Å²) in [4.78, 5) is 26.5. The fourth-order valence-corrected chi connectivity index (χ4v) is 3.44. The largest absolute Gasteiger partial charge is 0.338 e. The molecule has 1 aliphatic carbocycles. The number of hydrogen-bond acceptors (Lipinski definition) is 2. The first-order chi connectivity index (χ1) is 11.5. The Morgan fingerprint density at radius 3 is 2.58 bits per heavy atom. The highest BCUT2D eigenvalue weighted by molar-refractivity contribution is 5.85. The molecule has 3 nitrogen and oxygen atoms in total. The number of hydrogen-bond donors (Lipinski definition) is 0. The monoisotopic (exact) mass is 333 g/mol. The number of carbonyl (C=O) groups is 2. The van der Waals surface area contributed by atoms with E-state index in [1.807, 2.05) is 11.8 Å². The minimum absolute atomic E-state index is 0.0650. The third-order valence-electron chi connectivity index (χ3n) is 4.92. The van der Waals surface area contributed by atoms with Crippen LogP contribution in [0.1, 0.15) is 57.9 Å². The van der Waals surface area contributed by atoms with Gasteiger partial charge in [-0.25, -0.2) is 4.39 Å². The molecule has 1 fully saturated rings. The van der Waals surface area contributed by atoms with Crippen molar-refractivity contribution in [2.24, 2.45) is 11.8 Å². The van der Waals surface area contributed by atoms with E-state index < -0.39 is 0 Å². The first-order valence-electron chi connectivity index (χ1n) is 9.06. The molecule has 0 spiro atoms. The van der Waals surface area contributed by atoms with E-state index >= 15 is 0 Å². The summed E-state index contributed by atoms with van der Waals surface area (Å²) in [5.74, 6) is 0.200. The lowest BCUT2D eigenvalue weighted by Crippen LogP contribution is -2.41. The first-order valence-corrected chi connectivity index (χ1v) is 9.06. The van der Waals surface area contributed by atoms with Crippen LogP contribution < -0.4 is 0 Å². The molecule has 1 amide bonds. The summed E-state index contributed by atoms with van der Waals surface area (Å²) in [5.41, 5.74) is 0.945. The van der Waals surface area contributed by atoms with Gasteiger partial charge < -0.3 is 4.90 Å². The smallest absolute Gasteiger partial charge is 0.226 e. The highest BCUT2D eigenvalue weighted by atomic mass is 19.1. The van der Waals surface area contributed by atoms with Crippen LogP contribution in [0, 0.1) is 17.7 Å². The third-order valence-corrected chi connectivity index (χ3v) is 4.92. The van der Waals surface area contributed by atoms with Crippen molar-refractivity contribution in [3.05, 3.63) is 35.6 Å². The molecule has 2 atom stereocenters. The van der Waals surface area contributed by atoms with Gasteiger partial charge in [0.05, 0.1) is 0 Å². The standard InChI is InChI=1S/C20H28FNO2/c1-3-4-5-12-22(14-16-6-8-17(21)9-7-16)20(24)19-11-10-18(23)13-15(19)2/h6-9,15,19H,3-5,10-14H2,1-2H3/t15-,19+/m1/s1. The minimum Gasteiger partial charge on any atom is -0.338 e. The molecule has 4 heteroatoms. The van der Waals surface area contributed by atoms with Crippen molar-refractivity contribution in [2.45, 2.75) is 58.9 Å². The van der Waals surface area contributed by atoms with Gasteiger partial charge in [0.15, 0.2) is 0 Å². The lowest BCUT2D eigenvalue weighted by atomic mass is 9.79. The number of ketones is 1. The van der Waals surface area contributed by atoms with Crippen LogP contribution in [0.3, 0.4) is 0 Å². The molecule has 0 bridgehead atoms. The van der Waals surface area contributed by atoms with Crippen molar-refractivity contribution in [2.75, 3.05) is 6.54 Å². The van der Waals surface area contributed by atoms with Gasteiger partial charge in [-0.15, -0.1) is 0 Å². The minimum atomic E-state index is -0.262. The molecule has 24 heavy (non-hydrogen) atoms. The van der Waals surface area contributed by atoms with Crippen molar-refractivity contribution in [3.63, 3.8) is 0 Å². The number of benzene rings is 1. The third kappa shape index (κ3) is 5.15. The summed E-state index contributed by atoms with van der Waals surface area (Å²) in [5, 5.41) is 0. The number of halogens is 1. The number of nitrogens with zero attached hydrogens (tertiary/aromatic N) is 1. The van der Waals surface area contributed by atoms with E-state index in [9.17, 15) is 14.0 Å². The molecule has 0 N–H and O–H groups in total. The highest BCUT2D eigenvalue weighted by Crippen LogP contribution is 2.30. The molecule has 2 rings (SSSR count). The molecule has 0 aromatic heterocycles. The van der Waals surface area contributed by atoms with E-state index in [1.54, 1.807) is 12.1 Å². The summed E-state index contributed by atoms with van der Waals surface area (Å²) in [6.45, 7) is 5.38. The topological polar surface area (TPSA) is 37.4 Å². The van der Waals surface area contributed by atoms with E-state index in [0.717, 1.165) is 31.4 Å². The van der Waals surface area contributed by atoms with Gasteiger partial charge in [0, 0.05) is 31.8 Å². The number of unbranched alkanes of at least 4 members (excludes halogenated alkanes) is 2. The fraction of sp³-hybridized carbons (Fsp3) is 0.600. The molecule has 0 radical (unpaired) electrons. The molecule has 0 aliphatic heterocycles. The second-order valence-electron chi connectivity index (χ2n) is 6.96. The molecule has 1 aromatic carbocycles. The molecule has 0 heterocycles. The van der Waals surface area contributed by atoms with Crippen LogP contribution in [0.5, 0.6) is 0 Å². The normalized spacial score (nSPS) is 20.9. The van der Waals surface area contributed by atoms with Gasteiger partial charge in [0.1, 0.15) is 11.6 Å². The van der Waals surface area contributed by atoms with Crippen molar-refractivity contribution in [1.29, 1.82) is 0 Å². The lowest BCUT2D eigenvalue weighted by Gasteiger charge is -2.33. The van der Waals surface area contributed by atoms with Gasteiger partial charge >= 0.3 is 0 Å². The van der Waals surface area contributed by atoms with E-state index in [2.05, 4.69) is 6.92 Å².